The van der Waals surface area contributed by atoms with Crippen molar-refractivity contribution in [3.05, 3.63) is 99.5 Å². The van der Waals surface area contributed by atoms with E-state index in [9.17, 15) is 14.9 Å². The number of nitrogens with zero attached hydrogens (tertiary/aromatic N) is 3. The van der Waals surface area contributed by atoms with Gasteiger partial charge in [-0.25, -0.2) is 0 Å². The number of carbonyl (C=O) groups excluding carboxylic acids is 1. The van der Waals surface area contributed by atoms with Crippen LogP contribution >= 0.6 is 23.8 Å². The van der Waals surface area contributed by atoms with E-state index in [1.165, 1.54) is 19.2 Å². The normalized spacial score (nSPS) is 16.5. The zero-order valence-corrected chi connectivity index (χ0v) is 23.9. The van der Waals surface area contributed by atoms with E-state index in [2.05, 4.69) is 15.6 Å². The van der Waals surface area contributed by atoms with Gasteiger partial charge in [-0.05, 0) is 60.7 Å². The highest BCUT2D eigenvalue weighted by Crippen LogP contribution is 2.45. The van der Waals surface area contributed by atoms with Crippen LogP contribution in [0.15, 0.2) is 77.3 Å². The fourth-order valence-corrected chi connectivity index (χ4v) is 5.18. The molecule has 4 aromatic rings. The Labute approximate surface area is 246 Å². The van der Waals surface area contributed by atoms with E-state index in [-0.39, 0.29) is 23.6 Å². The van der Waals surface area contributed by atoms with Crippen molar-refractivity contribution in [3.8, 4) is 17.1 Å². The smallest absolute Gasteiger partial charge is 0.273 e. The molecule has 1 fully saturated rings. The number of pyridine rings is 1. The van der Waals surface area contributed by atoms with Crippen molar-refractivity contribution in [3.63, 3.8) is 0 Å². The van der Waals surface area contributed by atoms with Crippen LogP contribution in [-0.4, -0.2) is 28.0 Å². The first-order valence-corrected chi connectivity index (χ1v) is 13.5. The van der Waals surface area contributed by atoms with Crippen LogP contribution in [0.5, 0.6) is 5.75 Å². The molecular formula is C29H26ClN5O5S. The quantitative estimate of drug-likeness (QED) is 0.131. The van der Waals surface area contributed by atoms with Crippen molar-refractivity contribution in [1.82, 2.24) is 10.3 Å². The number of ether oxygens (including phenoxy) is 1. The summed E-state index contributed by atoms with van der Waals surface area (Å²) in [5, 5.41) is 18.3. The van der Waals surface area contributed by atoms with Gasteiger partial charge in [-0.3, -0.25) is 19.9 Å². The van der Waals surface area contributed by atoms with Crippen molar-refractivity contribution in [2.75, 3.05) is 17.3 Å². The first-order valence-electron chi connectivity index (χ1n) is 12.7. The number of anilines is 2. The number of nitro benzene ring substituents is 1. The lowest BCUT2D eigenvalue weighted by Crippen LogP contribution is -2.29. The van der Waals surface area contributed by atoms with Gasteiger partial charge in [-0.15, -0.1) is 0 Å². The predicted octanol–water partition coefficient (Wildman–Crippen LogP) is 6.68. The molecule has 0 bridgehead atoms. The average Bonchev–Trinajstić information content (AvgIpc) is 3.58. The third-order valence-corrected chi connectivity index (χ3v) is 7.32. The second kappa shape index (κ2) is 11.6. The first kappa shape index (κ1) is 28.1. The van der Waals surface area contributed by atoms with Crippen molar-refractivity contribution >= 4 is 51.9 Å². The molecule has 1 aliphatic heterocycles. The SMILES string of the molecule is COc1cc([N+](=O)[O-])ccc1-c1ccc([C@@H]2[C@H](c3ccccn3)NC(=S)N2c2ccc(NC(=O)C(C)C)c(Cl)c2)o1. The maximum absolute atomic E-state index is 12.2. The zero-order chi connectivity index (χ0) is 29.3. The molecule has 2 N–H and O–H groups in total. The number of hydrogen-bond acceptors (Lipinski definition) is 7. The third-order valence-electron chi connectivity index (χ3n) is 6.69. The van der Waals surface area contributed by atoms with E-state index in [0.717, 1.165) is 5.69 Å². The molecule has 0 radical (unpaired) electrons. The molecule has 10 nitrogen and oxygen atoms in total. The Morgan fingerprint density at radius 3 is 2.66 bits per heavy atom. The van der Waals surface area contributed by atoms with Crippen molar-refractivity contribution in [1.29, 1.82) is 0 Å². The summed E-state index contributed by atoms with van der Waals surface area (Å²) in [6.45, 7) is 3.61. The van der Waals surface area contributed by atoms with Crippen LogP contribution in [0, 0.1) is 16.0 Å². The fourth-order valence-electron chi connectivity index (χ4n) is 4.61. The molecular weight excluding hydrogens is 566 g/mol. The Morgan fingerprint density at radius 2 is 2.00 bits per heavy atom. The Balaban J connectivity index is 1.56. The number of furan rings is 1. The van der Waals surface area contributed by atoms with Gasteiger partial charge in [0.1, 0.15) is 23.3 Å². The lowest BCUT2D eigenvalue weighted by Gasteiger charge is -2.26. The first-order chi connectivity index (χ1) is 19.7. The molecule has 5 rings (SSSR count). The molecule has 0 aliphatic carbocycles. The molecule has 12 heteroatoms. The molecule has 41 heavy (non-hydrogen) atoms. The number of hydrogen-bond donors (Lipinski definition) is 2. The monoisotopic (exact) mass is 591 g/mol. The number of nitro groups is 1. The largest absolute Gasteiger partial charge is 0.496 e. The number of nitrogens with one attached hydrogen (secondary N) is 2. The Morgan fingerprint density at radius 1 is 1.20 bits per heavy atom. The van der Waals surface area contributed by atoms with Crippen LogP contribution in [0.1, 0.15) is 37.4 Å². The zero-order valence-electron chi connectivity index (χ0n) is 22.3. The van der Waals surface area contributed by atoms with Gasteiger partial charge >= 0.3 is 0 Å². The number of non-ortho nitro benzene ring substituents is 1. The maximum Gasteiger partial charge on any atom is 0.273 e. The standard InChI is InChI=1S/C29H26ClN5O5S/c1-16(2)28(36)32-21-10-8-17(14-20(21)30)34-27(26(33-29(34)41)22-6-4-5-13-31-22)24-12-11-23(40-24)19-9-7-18(35(37)38)15-25(19)39-3/h4-16,26-27H,1-3H3,(H,32,36)(H,33,41)/t26-,27+/m0/s1. The van der Waals surface area contributed by atoms with Crippen LogP contribution in [0.25, 0.3) is 11.3 Å². The van der Waals surface area contributed by atoms with Crippen LogP contribution in [0.3, 0.4) is 0 Å². The number of carbonyl (C=O) groups is 1. The van der Waals surface area contributed by atoms with Crippen molar-refractivity contribution in [2.45, 2.75) is 25.9 Å². The molecule has 0 unspecified atom stereocenters. The molecule has 1 saturated heterocycles. The Bertz CT molecular complexity index is 1630. The van der Waals surface area contributed by atoms with E-state index >= 15 is 0 Å². The molecule has 2 atom stereocenters. The van der Waals surface area contributed by atoms with Gasteiger partial charge in [-0.2, -0.15) is 0 Å². The molecule has 0 saturated carbocycles. The summed E-state index contributed by atoms with van der Waals surface area (Å²) in [5.74, 6) is 0.998. The lowest BCUT2D eigenvalue weighted by molar-refractivity contribution is -0.384. The van der Waals surface area contributed by atoms with E-state index in [1.807, 2.05) is 35.2 Å². The molecule has 2 aromatic heterocycles. The van der Waals surface area contributed by atoms with E-state index in [1.54, 1.807) is 44.3 Å². The molecule has 3 heterocycles. The summed E-state index contributed by atoms with van der Waals surface area (Å²) in [4.78, 5) is 29.5. The van der Waals surface area contributed by atoms with Gasteiger partial charge in [0.15, 0.2) is 5.11 Å². The molecule has 1 amide bonds. The van der Waals surface area contributed by atoms with Gasteiger partial charge in [0.05, 0.1) is 46.1 Å². The average molecular weight is 592 g/mol. The number of amides is 1. The number of halogens is 1. The lowest BCUT2D eigenvalue weighted by atomic mass is 10.0. The Hall–Kier alpha value is -4.48. The maximum atomic E-state index is 12.2. The molecule has 2 aromatic carbocycles. The highest BCUT2D eigenvalue weighted by molar-refractivity contribution is 7.80. The summed E-state index contributed by atoms with van der Waals surface area (Å²) in [7, 11) is 1.45. The minimum absolute atomic E-state index is 0.0889. The number of thiocarbonyl (C=S) groups is 1. The highest BCUT2D eigenvalue weighted by atomic mass is 35.5. The van der Waals surface area contributed by atoms with Gasteiger partial charge < -0.3 is 24.7 Å². The van der Waals surface area contributed by atoms with Crippen LogP contribution < -0.4 is 20.3 Å². The minimum Gasteiger partial charge on any atom is -0.496 e. The van der Waals surface area contributed by atoms with Gasteiger partial charge in [0.25, 0.3) is 5.69 Å². The van der Waals surface area contributed by atoms with E-state index < -0.39 is 11.0 Å². The molecule has 0 spiro atoms. The van der Waals surface area contributed by atoms with Gasteiger partial charge in [-0.1, -0.05) is 31.5 Å². The number of rotatable bonds is 8. The Kier molecular flexibility index (Phi) is 7.91. The van der Waals surface area contributed by atoms with Crippen LogP contribution in [-0.2, 0) is 4.79 Å². The molecule has 210 valence electrons. The summed E-state index contributed by atoms with van der Waals surface area (Å²) in [6.07, 6.45) is 1.71. The fraction of sp³-hybridized carbons (Fsp3) is 0.207. The van der Waals surface area contributed by atoms with E-state index in [0.29, 0.717) is 44.3 Å². The summed E-state index contributed by atoms with van der Waals surface area (Å²) < 4.78 is 11.8. The van der Waals surface area contributed by atoms with Crippen LogP contribution in [0.2, 0.25) is 5.02 Å². The number of methoxy groups -OCH3 is 1. The predicted molar refractivity (Wildman–Crippen MR) is 160 cm³/mol. The minimum atomic E-state index is -0.481. The van der Waals surface area contributed by atoms with Crippen molar-refractivity contribution in [2.24, 2.45) is 5.92 Å². The second-order valence-electron chi connectivity index (χ2n) is 9.65. The third kappa shape index (κ3) is 5.59. The summed E-state index contributed by atoms with van der Waals surface area (Å²) >= 11 is 12.4. The van der Waals surface area contributed by atoms with Crippen LogP contribution in [0.4, 0.5) is 17.1 Å². The van der Waals surface area contributed by atoms with Gasteiger partial charge in [0, 0.05) is 23.9 Å². The van der Waals surface area contributed by atoms with Gasteiger partial charge in [0.2, 0.25) is 5.91 Å². The number of benzene rings is 2. The van der Waals surface area contributed by atoms with Crippen molar-refractivity contribution < 1.29 is 18.9 Å². The number of aromatic nitrogens is 1. The molecule has 1 aliphatic rings. The topological polar surface area (TPSA) is 123 Å². The highest BCUT2D eigenvalue weighted by Gasteiger charge is 2.43. The summed E-state index contributed by atoms with van der Waals surface area (Å²) in [6, 6.07) is 18.0. The summed E-state index contributed by atoms with van der Waals surface area (Å²) in [5.41, 5.74) is 2.40. The van der Waals surface area contributed by atoms with E-state index in [4.69, 9.17) is 33.0 Å². The second-order valence-corrected chi connectivity index (χ2v) is 10.4.